The van der Waals surface area contributed by atoms with Crippen LogP contribution in [-0.4, -0.2) is 55.5 Å². The molecule has 0 aliphatic carbocycles. The van der Waals surface area contributed by atoms with E-state index in [1.807, 2.05) is 12.1 Å². The van der Waals surface area contributed by atoms with Gasteiger partial charge in [-0.25, -0.2) is 0 Å². The number of piperazine rings is 1. The first-order valence-corrected chi connectivity index (χ1v) is 8.31. The van der Waals surface area contributed by atoms with E-state index in [2.05, 4.69) is 59.4 Å². The number of hydrogen-bond acceptors (Lipinski definition) is 3. The number of rotatable bonds is 4. The molecule has 4 nitrogen and oxygen atoms in total. The van der Waals surface area contributed by atoms with Gasteiger partial charge >= 0.3 is 0 Å². The average molecular weight is 311 g/mol. The first kappa shape index (κ1) is 16.0. The van der Waals surface area contributed by atoms with E-state index >= 15 is 0 Å². The smallest absolute Gasteiger partial charge is 0.234 e. The number of benzene rings is 2. The van der Waals surface area contributed by atoms with E-state index in [9.17, 15) is 4.79 Å². The van der Waals surface area contributed by atoms with Crippen molar-refractivity contribution in [2.45, 2.75) is 13.0 Å². The van der Waals surface area contributed by atoms with Gasteiger partial charge in [-0.05, 0) is 30.3 Å². The molecule has 1 amide bonds. The molecule has 1 atom stereocenters. The molecule has 0 spiro atoms. The van der Waals surface area contributed by atoms with Gasteiger partial charge in [0.05, 0.1) is 12.6 Å². The third-order valence-corrected chi connectivity index (χ3v) is 4.63. The van der Waals surface area contributed by atoms with Crippen LogP contribution in [0.4, 0.5) is 0 Å². The van der Waals surface area contributed by atoms with E-state index < -0.39 is 0 Å². The van der Waals surface area contributed by atoms with E-state index in [0.29, 0.717) is 6.54 Å². The summed E-state index contributed by atoms with van der Waals surface area (Å²) in [4.78, 5) is 16.9. The standard InChI is InChI=1S/C19H25N3O/c1-15(17-9-5-7-16-6-3-4-8-18(16)17)20-19(23)14-22-12-10-21(2)11-13-22/h3-9,15H,10-14H2,1-2H3,(H,20,23)/t15-/m1/s1. The van der Waals surface area contributed by atoms with E-state index in [1.165, 1.54) is 16.3 Å². The van der Waals surface area contributed by atoms with E-state index in [4.69, 9.17) is 0 Å². The number of amides is 1. The molecule has 0 unspecified atom stereocenters. The molecule has 1 saturated heterocycles. The van der Waals surface area contributed by atoms with Crippen molar-refractivity contribution in [3.8, 4) is 0 Å². The Balaban J connectivity index is 1.64. The molecule has 1 aliphatic rings. The third-order valence-electron chi connectivity index (χ3n) is 4.63. The first-order chi connectivity index (χ1) is 11.1. The van der Waals surface area contributed by atoms with Crippen LogP contribution >= 0.6 is 0 Å². The van der Waals surface area contributed by atoms with Gasteiger partial charge in [0.15, 0.2) is 0 Å². The lowest BCUT2D eigenvalue weighted by atomic mass is 10.00. The van der Waals surface area contributed by atoms with Crippen LogP contribution in [0.5, 0.6) is 0 Å². The highest BCUT2D eigenvalue weighted by Gasteiger charge is 2.18. The summed E-state index contributed by atoms with van der Waals surface area (Å²) in [5, 5.41) is 5.58. The highest BCUT2D eigenvalue weighted by Crippen LogP contribution is 2.23. The third kappa shape index (κ3) is 3.89. The van der Waals surface area contributed by atoms with Crippen molar-refractivity contribution in [1.29, 1.82) is 0 Å². The van der Waals surface area contributed by atoms with Crippen LogP contribution in [0.15, 0.2) is 42.5 Å². The zero-order valence-electron chi connectivity index (χ0n) is 14.0. The molecule has 1 heterocycles. The number of nitrogens with zero attached hydrogens (tertiary/aromatic N) is 2. The second-order valence-corrected chi connectivity index (χ2v) is 6.44. The molecule has 0 radical (unpaired) electrons. The highest BCUT2D eigenvalue weighted by atomic mass is 16.2. The van der Waals surface area contributed by atoms with Crippen LogP contribution in [0.2, 0.25) is 0 Å². The minimum atomic E-state index is 0.0149. The fourth-order valence-corrected chi connectivity index (χ4v) is 3.20. The zero-order chi connectivity index (χ0) is 16.2. The van der Waals surface area contributed by atoms with Crippen LogP contribution in [-0.2, 0) is 4.79 Å². The number of nitrogens with one attached hydrogen (secondary N) is 1. The molecule has 1 fully saturated rings. The normalized spacial score (nSPS) is 18.0. The van der Waals surface area contributed by atoms with Gasteiger partial charge in [-0.1, -0.05) is 42.5 Å². The van der Waals surface area contributed by atoms with Crippen molar-refractivity contribution in [3.05, 3.63) is 48.0 Å². The number of carbonyl (C=O) groups excluding carboxylic acids is 1. The molecule has 2 aromatic rings. The van der Waals surface area contributed by atoms with E-state index in [1.54, 1.807) is 0 Å². The summed E-state index contributed by atoms with van der Waals surface area (Å²) in [6, 6.07) is 14.6. The van der Waals surface area contributed by atoms with Crippen molar-refractivity contribution >= 4 is 16.7 Å². The number of carbonyl (C=O) groups is 1. The predicted octanol–water partition coefficient (Wildman–Crippen LogP) is 2.26. The number of fused-ring (bicyclic) bond motifs is 1. The van der Waals surface area contributed by atoms with Crippen molar-refractivity contribution < 1.29 is 4.79 Å². The fraction of sp³-hybridized carbons (Fsp3) is 0.421. The van der Waals surface area contributed by atoms with Gasteiger partial charge < -0.3 is 10.2 Å². The Morgan fingerprint density at radius 2 is 1.78 bits per heavy atom. The van der Waals surface area contributed by atoms with Gasteiger partial charge in [0.2, 0.25) is 5.91 Å². The maximum Gasteiger partial charge on any atom is 0.234 e. The predicted molar refractivity (Wildman–Crippen MR) is 94.4 cm³/mol. The molecule has 0 saturated carbocycles. The van der Waals surface area contributed by atoms with Crippen molar-refractivity contribution in [3.63, 3.8) is 0 Å². The van der Waals surface area contributed by atoms with Crippen LogP contribution in [0.3, 0.4) is 0 Å². The van der Waals surface area contributed by atoms with Crippen LogP contribution in [0.25, 0.3) is 10.8 Å². The molecular weight excluding hydrogens is 286 g/mol. The van der Waals surface area contributed by atoms with Gasteiger partial charge in [-0.15, -0.1) is 0 Å². The molecule has 3 rings (SSSR count). The largest absolute Gasteiger partial charge is 0.348 e. The maximum absolute atomic E-state index is 12.3. The minimum absolute atomic E-state index is 0.0149. The first-order valence-electron chi connectivity index (χ1n) is 8.31. The van der Waals surface area contributed by atoms with Gasteiger partial charge in [-0.2, -0.15) is 0 Å². The Hall–Kier alpha value is -1.91. The Kier molecular flexibility index (Phi) is 4.94. The Morgan fingerprint density at radius 3 is 2.57 bits per heavy atom. The molecule has 4 heteroatoms. The summed E-state index contributed by atoms with van der Waals surface area (Å²) in [6.07, 6.45) is 0. The Morgan fingerprint density at radius 1 is 1.09 bits per heavy atom. The van der Waals surface area contributed by atoms with Crippen molar-refractivity contribution in [1.82, 2.24) is 15.1 Å². The van der Waals surface area contributed by atoms with Crippen molar-refractivity contribution in [2.75, 3.05) is 39.8 Å². The van der Waals surface area contributed by atoms with Crippen LogP contribution in [0.1, 0.15) is 18.5 Å². The SMILES string of the molecule is C[C@@H](NC(=O)CN1CCN(C)CC1)c1cccc2ccccc12. The summed E-state index contributed by atoms with van der Waals surface area (Å²) in [6.45, 7) is 6.55. The van der Waals surface area contributed by atoms with Crippen LogP contribution in [0, 0.1) is 0 Å². The van der Waals surface area contributed by atoms with Gasteiger partial charge in [0.1, 0.15) is 0 Å². The summed E-state index contributed by atoms with van der Waals surface area (Å²) in [7, 11) is 2.12. The monoisotopic (exact) mass is 311 g/mol. The average Bonchev–Trinajstić information content (AvgIpc) is 2.56. The molecule has 23 heavy (non-hydrogen) atoms. The maximum atomic E-state index is 12.3. The van der Waals surface area contributed by atoms with Crippen molar-refractivity contribution in [2.24, 2.45) is 0 Å². The van der Waals surface area contributed by atoms with E-state index in [-0.39, 0.29) is 11.9 Å². The van der Waals surface area contributed by atoms with E-state index in [0.717, 1.165) is 26.2 Å². The topological polar surface area (TPSA) is 35.6 Å². The zero-order valence-corrected chi connectivity index (χ0v) is 14.0. The second-order valence-electron chi connectivity index (χ2n) is 6.44. The summed E-state index contributed by atoms with van der Waals surface area (Å²) in [5.41, 5.74) is 1.18. The quantitative estimate of drug-likeness (QED) is 0.941. The Bertz CT molecular complexity index is 672. The molecule has 0 aromatic heterocycles. The minimum Gasteiger partial charge on any atom is -0.348 e. The molecular formula is C19H25N3O. The summed E-state index contributed by atoms with van der Waals surface area (Å²) in [5.74, 6) is 0.106. The second kappa shape index (κ2) is 7.11. The molecule has 2 aromatic carbocycles. The number of hydrogen-bond donors (Lipinski definition) is 1. The molecule has 1 aliphatic heterocycles. The lowest BCUT2D eigenvalue weighted by Crippen LogP contribution is -2.48. The highest BCUT2D eigenvalue weighted by molar-refractivity contribution is 5.87. The summed E-state index contributed by atoms with van der Waals surface area (Å²) < 4.78 is 0. The number of likely N-dealkylation sites (N-methyl/N-ethyl adjacent to an activating group) is 1. The fourth-order valence-electron chi connectivity index (χ4n) is 3.20. The lowest BCUT2D eigenvalue weighted by molar-refractivity contribution is -0.123. The van der Waals surface area contributed by atoms with Gasteiger partial charge in [-0.3, -0.25) is 9.69 Å². The molecule has 122 valence electrons. The Labute approximate surface area is 138 Å². The lowest BCUT2D eigenvalue weighted by Gasteiger charge is -2.32. The molecule has 1 N–H and O–H groups in total. The van der Waals surface area contributed by atoms with Crippen LogP contribution < -0.4 is 5.32 Å². The molecule has 0 bridgehead atoms. The van der Waals surface area contributed by atoms with Gasteiger partial charge in [0.25, 0.3) is 0 Å². The summed E-state index contributed by atoms with van der Waals surface area (Å²) >= 11 is 0. The van der Waals surface area contributed by atoms with Gasteiger partial charge in [0, 0.05) is 26.2 Å².